The van der Waals surface area contributed by atoms with Crippen LogP contribution in [0, 0.1) is 29.6 Å². The molecule has 0 amide bonds. The molecule has 3 saturated carbocycles. The van der Waals surface area contributed by atoms with Gasteiger partial charge in [-0.1, -0.05) is 12.1 Å². The van der Waals surface area contributed by atoms with Crippen LogP contribution in [0.3, 0.4) is 0 Å². The van der Waals surface area contributed by atoms with Gasteiger partial charge in [0.15, 0.2) is 5.78 Å². The molecule has 2 heteroatoms. The van der Waals surface area contributed by atoms with Crippen molar-refractivity contribution in [2.75, 3.05) is 6.61 Å². The molecule has 2 bridgehead atoms. The normalized spacial score (nSPS) is 40.7. The minimum Gasteiger partial charge on any atom is -0.492 e. The van der Waals surface area contributed by atoms with Crippen molar-refractivity contribution in [1.29, 1.82) is 0 Å². The first-order valence-corrected chi connectivity index (χ1v) is 7.63. The SMILES string of the molecule is O=C(c1cccc2c1OCC2)C1C2C3CCC(C3)C12. The lowest BCUT2D eigenvalue weighted by Crippen LogP contribution is -2.11. The summed E-state index contributed by atoms with van der Waals surface area (Å²) in [5, 5.41) is 0. The molecule has 0 spiro atoms. The van der Waals surface area contributed by atoms with E-state index >= 15 is 0 Å². The van der Waals surface area contributed by atoms with Crippen molar-refractivity contribution in [3.8, 4) is 5.75 Å². The zero-order chi connectivity index (χ0) is 12.6. The monoisotopic (exact) mass is 254 g/mol. The number of fused-ring (bicyclic) bond motifs is 6. The molecule has 98 valence electrons. The first-order chi connectivity index (χ1) is 9.34. The van der Waals surface area contributed by atoms with Gasteiger partial charge in [0, 0.05) is 12.3 Å². The molecule has 0 saturated heterocycles. The van der Waals surface area contributed by atoms with Crippen LogP contribution >= 0.6 is 0 Å². The largest absolute Gasteiger partial charge is 0.492 e. The predicted octanol–water partition coefficient (Wildman–Crippen LogP) is 3.10. The molecule has 5 rings (SSSR count). The van der Waals surface area contributed by atoms with E-state index < -0.39 is 0 Å². The zero-order valence-electron chi connectivity index (χ0n) is 11.0. The van der Waals surface area contributed by atoms with Crippen LogP contribution in [0.4, 0.5) is 0 Å². The lowest BCUT2D eigenvalue weighted by atomic mass is 9.95. The van der Waals surface area contributed by atoms with Crippen molar-refractivity contribution in [3.63, 3.8) is 0 Å². The molecule has 3 fully saturated rings. The van der Waals surface area contributed by atoms with E-state index in [1.807, 2.05) is 12.1 Å². The molecule has 1 aliphatic heterocycles. The molecule has 1 aromatic rings. The first kappa shape index (κ1) is 10.5. The number of hydrogen-bond acceptors (Lipinski definition) is 2. The van der Waals surface area contributed by atoms with Crippen LogP contribution in [0.5, 0.6) is 5.75 Å². The van der Waals surface area contributed by atoms with Crippen molar-refractivity contribution in [2.24, 2.45) is 29.6 Å². The van der Waals surface area contributed by atoms with Crippen LogP contribution in [0.2, 0.25) is 0 Å². The number of carbonyl (C=O) groups is 1. The summed E-state index contributed by atoms with van der Waals surface area (Å²) in [5.41, 5.74) is 2.09. The van der Waals surface area contributed by atoms with E-state index in [9.17, 15) is 4.79 Å². The number of rotatable bonds is 2. The van der Waals surface area contributed by atoms with Gasteiger partial charge in [0.2, 0.25) is 0 Å². The third-order valence-corrected chi connectivity index (χ3v) is 6.02. The number of para-hydroxylation sites is 1. The molecular formula is C17H18O2. The van der Waals surface area contributed by atoms with Crippen molar-refractivity contribution in [3.05, 3.63) is 29.3 Å². The first-order valence-electron chi connectivity index (χ1n) is 7.63. The molecule has 4 aliphatic rings. The number of carbonyl (C=O) groups excluding carboxylic acids is 1. The summed E-state index contributed by atoms with van der Waals surface area (Å²) < 4.78 is 5.70. The Balaban J connectivity index is 1.49. The van der Waals surface area contributed by atoms with Crippen molar-refractivity contribution in [1.82, 2.24) is 0 Å². The van der Waals surface area contributed by atoms with Crippen molar-refractivity contribution >= 4 is 5.78 Å². The lowest BCUT2D eigenvalue weighted by molar-refractivity contribution is 0.0941. The fourth-order valence-electron chi connectivity index (χ4n) is 5.26. The Morgan fingerprint density at radius 3 is 2.74 bits per heavy atom. The van der Waals surface area contributed by atoms with Crippen LogP contribution in [0.1, 0.15) is 35.2 Å². The van der Waals surface area contributed by atoms with Crippen LogP contribution in [-0.4, -0.2) is 12.4 Å². The van der Waals surface area contributed by atoms with E-state index in [1.165, 1.54) is 24.8 Å². The van der Waals surface area contributed by atoms with E-state index in [4.69, 9.17) is 4.74 Å². The number of benzene rings is 1. The number of ketones is 1. The maximum atomic E-state index is 12.8. The summed E-state index contributed by atoms with van der Waals surface area (Å²) >= 11 is 0. The molecule has 0 N–H and O–H groups in total. The summed E-state index contributed by atoms with van der Waals surface area (Å²) in [6, 6.07) is 6.09. The van der Waals surface area contributed by atoms with Crippen molar-refractivity contribution in [2.45, 2.75) is 25.7 Å². The van der Waals surface area contributed by atoms with Crippen LogP contribution in [-0.2, 0) is 6.42 Å². The summed E-state index contributed by atoms with van der Waals surface area (Å²) in [7, 11) is 0. The Labute approximate surface area is 113 Å². The maximum Gasteiger partial charge on any atom is 0.170 e. The molecule has 2 nitrogen and oxygen atoms in total. The molecule has 0 aromatic heterocycles. The number of ether oxygens (including phenoxy) is 1. The highest BCUT2D eigenvalue weighted by Crippen LogP contribution is 2.70. The fraction of sp³-hybridized carbons (Fsp3) is 0.588. The van der Waals surface area contributed by atoms with E-state index in [0.717, 1.165) is 48.0 Å². The van der Waals surface area contributed by atoms with Gasteiger partial charge in [-0.3, -0.25) is 4.79 Å². The average Bonchev–Trinajstić information content (AvgIpc) is 2.85. The van der Waals surface area contributed by atoms with Crippen LogP contribution in [0.15, 0.2) is 18.2 Å². The summed E-state index contributed by atoms with van der Waals surface area (Å²) in [6.07, 6.45) is 5.11. The standard InChI is InChI=1S/C17H18O2/c18-16(12-3-1-2-9-6-7-19-17(9)12)15-13-10-4-5-11(8-10)14(13)15/h1-3,10-11,13-15H,4-8H2. The van der Waals surface area contributed by atoms with Gasteiger partial charge >= 0.3 is 0 Å². The Hall–Kier alpha value is -1.31. The topological polar surface area (TPSA) is 26.3 Å². The second-order valence-electron chi connectivity index (χ2n) is 6.77. The Morgan fingerprint density at radius 1 is 1.16 bits per heavy atom. The highest BCUT2D eigenvalue weighted by molar-refractivity contribution is 6.03. The molecule has 19 heavy (non-hydrogen) atoms. The number of hydrogen-bond donors (Lipinski definition) is 0. The van der Waals surface area contributed by atoms with Crippen LogP contribution < -0.4 is 4.74 Å². The van der Waals surface area contributed by atoms with E-state index in [2.05, 4.69) is 6.07 Å². The van der Waals surface area contributed by atoms with Gasteiger partial charge in [-0.15, -0.1) is 0 Å². The quantitative estimate of drug-likeness (QED) is 0.758. The summed E-state index contributed by atoms with van der Waals surface area (Å²) in [4.78, 5) is 12.8. The minimum absolute atomic E-state index is 0.335. The van der Waals surface area contributed by atoms with Gasteiger partial charge in [0.25, 0.3) is 0 Å². The predicted molar refractivity (Wildman–Crippen MR) is 71.3 cm³/mol. The maximum absolute atomic E-state index is 12.8. The van der Waals surface area contributed by atoms with E-state index in [0.29, 0.717) is 11.7 Å². The Morgan fingerprint density at radius 2 is 1.95 bits per heavy atom. The molecule has 1 aromatic carbocycles. The second-order valence-corrected chi connectivity index (χ2v) is 6.77. The van der Waals surface area contributed by atoms with Gasteiger partial charge < -0.3 is 4.74 Å². The van der Waals surface area contributed by atoms with E-state index in [-0.39, 0.29) is 0 Å². The van der Waals surface area contributed by atoms with Gasteiger partial charge in [-0.2, -0.15) is 0 Å². The molecule has 4 unspecified atom stereocenters. The Bertz CT molecular complexity index is 561. The third kappa shape index (κ3) is 1.25. The smallest absolute Gasteiger partial charge is 0.170 e. The minimum atomic E-state index is 0.335. The number of Topliss-reactive ketones (excluding diaryl/α,β-unsaturated/α-hetero) is 1. The van der Waals surface area contributed by atoms with E-state index in [1.54, 1.807) is 0 Å². The second kappa shape index (κ2) is 3.41. The van der Waals surface area contributed by atoms with Crippen molar-refractivity contribution < 1.29 is 9.53 Å². The molecule has 4 atom stereocenters. The van der Waals surface area contributed by atoms with Crippen LogP contribution in [0.25, 0.3) is 0 Å². The lowest BCUT2D eigenvalue weighted by Gasteiger charge is -2.10. The van der Waals surface area contributed by atoms with Gasteiger partial charge in [-0.05, 0) is 54.6 Å². The highest BCUT2D eigenvalue weighted by atomic mass is 16.5. The molecule has 0 radical (unpaired) electrons. The summed E-state index contributed by atoms with van der Waals surface area (Å²) in [5.74, 6) is 4.78. The van der Waals surface area contributed by atoms with Gasteiger partial charge in [0.1, 0.15) is 5.75 Å². The molecule has 3 aliphatic carbocycles. The molecule has 1 heterocycles. The zero-order valence-corrected chi connectivity index (χ0v) is 11.0. The van der Waals surface area contributed by atoms with Gasteiger partial charge in [-0.25, -0.2) is 0 Å². The molecular weight excluding hydrogens is 236 g/mol. The highest BCUT2D eigenvalue weighted by Gasteiger charge is 2.67. The Kier molecular flexibility index (Phi) is 1.88. The fourth-order valence-corrected chi connectivity index (χ4v) is 5.26. The summed E-state index contributed by atoms with van der Waals surface area (Å²) in [6.45, 7) is 0.738. The third-order valence-electron chi connectivity index (χ3n) is 6.02. The van der Waals surface area contributed by atoms with Gasteiger partial charge in [0.05, 0.1) is 12.2 Å². The average molecular weight is 254 g/mol.